The molecule has 0 aliphatic rings. The molecule has 0 aliphatic carbocycles. The minimum atomic E-state index is -1.11. The Hall–Kier alpha value is -2.04. The van der Waals surface area contributed by atoms with E-state index >= 15 is 0 Å². The highest BCUT2D eigenvalue weighted by atomic mass is 16.5. The molecule has 0 fully saturated rings. The van der Waals surface area contributed by atoms with E-state index in [-0.39, 0.29) is 23.4 Å². The third-order valence-corrected chi connectivity index (χ3v) is 1.80. The molecule has 15 heavy (non-hydrogen) atoms. The lowest BCUT2D eigenvalue weighted by molar-refractivity contribution is 0.0527. The van der Waals surface area contributed by atoms with E-state index in [1.807, 2.05) is 0 Å². The van der Waals surface area contributed by atoms with Crippen LogP contribution in [0.4, 0.5) is 5.69 Å². The number of esters is 1. The SMILES string of the molecule is CCOC(=O)c1cc(C(=O)O)ccc1N. The monoisotopic (exact) mass is 209 g/mol. The molecule has 80 valence electrons. The summed E-state index contributed by atoms with van der Waals surface area (Å²) >= 11 is 0. The van der Waals surface area contributed by atoms with Crippen molar-refractivity contribution in [1.29, 1.82) is 0 Å². The van der Waals surface area contributed by atoms with E-state index in [2.05, 4.69) is 0 Å². The lowest BCUT2D eigenvalue weighted by Crippen LogP contribution is -2.09. The van der Waals surface area contributed by atoms with Gasteiger partial charge in [-0.15, -0.1) is 0 Å². The Morgan fingerprint density at radius 1 is 1.47 bits per heavy atom. The standard InChI is InChI=1S/C10H11NO4/c1-2-15-10(14)7-5-6(9(12)13)3-4-8(7)11/h3-5H,2,11H2,1H3,(H,12,13). The van der Waals surface area contributed by atoms with Crippen molar-refractivity contribution in [2.75, 3.05) is 12.3 Å². The molecule has 0 atom stereocenters. The first-order valence-electron chi connectivity index (χ1n) is 4.36. The first kappa shape index (κ1) is 11.0. The third-order valence-electron chi connectivity index (χ3n) is 1.80. The van der Waals surface area contributed by atoms with Gasteiger partial charge in [-0.1, -0.05) is 0 Å². The van der Waals surface area contributed by atoms with Crippen molar-refractivity contribution < 1.29 is 19.4 Å². The number of carboxylic acids is 1. The fourth-order valence-electron chi connectivity index (χ4n) is 1.07. The average molecular weight is 209 g/mol. The molecule has 0 radical (unpaired) electrons. The van der Waals surface area contributed by atoms with Gasteiger partial charge < -0.3 is 15.6 Å². The van der Waals surface area contributed by atoms with E-state index in [9.17, 15) is 9.59 Å². The number of aromatic carboxylic acids is 1. The number of hydrogen-bond acceptors (Lipinski definition) is 4. The van der Waals surface area contributed by atoms with Crippen LogP contribution in [0.15, 0.2) is 18.2 Å². The molecular formula is C10H11NO4. The van der Waals surface area contributed by atoms with Gasteiger partial charge in [-0.3, -0.25) is 0 Å². The summed E-state index contributed by atoms with van der Waals surface area (Å²) in [5.41, 5.74) is 5.82. The second-order valence-electron chi connectivity index (χ2n) is 2.83. The van der Waals surface area contributed by atoms with Crippen molar-refractivity contribution in [3.8, 4) is 0 Å². The normalized spacial score (nSPS) is 9.67. The van der Waals surface area contributed by atoms with Crippen LogP contribution in [0.2, 0.25) is 0 Å². The molecule has 0 spiro atoms. The van der Waals surface area contributed by atoms with Crippen LogP contribution >= 0.6 is 0 Å². The van der Waals surface area contributed by atoms with Crippen LogP contribution in [0.1, 0.15) is 27.6 Å². The summed E-state index contributed by atoms with van der Waals surface area (Å²) in [5, 5.41) is 8.72. The highest BCUT2D eigenvalue weighted by Gasteiger charge is 2.13. The fourth-order valence-corrected chi connectivity index (χ4v) is 1.07. The number of hydrogen-bond donors (Lipinski definition) is 2. The Kier molecular flexibility index (Phi) is 3.28. The van der Waals surface area contributed by atoms with Gasteiger partial charge in [0.2, 0.25) is 0 Å². The van der Waals surface area contributed by atoms with Crippen molar-refractivity contribution in [2.45, 2.75) is 6.92 Å². The Morgan fingerprint density at radius 2 is 2.13 bits per heavy atom. The molecule has 0 aliphatic heterocycles. The lowest BCUT2D eigenvalue weighted by Gasteiger charge is -2.05. The van der Waals surface area contributed by atoms with Gasteiger partial charge in [-0.05, 0) is 25.1 Å². The molecule has 5 nitrogen and oxygen atoms in total. The quantitative estimate of drug-likeness (QED) is 0.575. The number of carboxylic acid groups (broad SMARTS) is 1. The predicted molar refractivity (Wildman–Crippen MR) is 53.8 cm³/mol. The van der Waals surface area contributed by atoms with Crippen molar-refractivity contribution in [2.24, 2.45) is 0 Å². The molecule has 0 aromatic heterocycles. The highest BCUT2D eigenvalue weighted by molar-refractivity contribution is 5.98. The number of nitrogen functional groups attached to an aromatic ring is 1. The van der Waals surface area contributed by atoms with Crippen LogP contribution in [-0.4, -0.2) is 23.7 Å². The number of carbonyl (C=O) groups excluding carboxylic acids is 1. The summed E-state index contributed by atoms with van der Waals surface area (Å²) < 4.78 is 4.73. The molecular weight excluding hydrogens is 198 g/mol. The van der Waals surface area contributed by atoms with Crippen molar-refractivity contribution >= 4 is 17.6 Å². The maximum absolute atomic E-state index is 11.3. The third kappa shape index (κ3) is 2.46. The molecule has 0 amide bonds. The summed E-state index contributed by atoms with van der Waals surface area (Å²) in [6.07, 6.45) is 0. The van der Waals surface area contributed by atoms with Gasteiger partial charge in [-0.25, -0.2) is 9.59 Å². The number of nitrogens with two attached hydrogens (primary N) is 1. The molecule has 0 saturated carbocycles. The Labute approximate surface area is 86.5 Å². The van der Waals surface area contributed by atoms with Crippen LogP contribution < -0.4 is 5.73 Å². The van der Waals surface area contributed by atoms with Crippen LogP contribution in [0, 0.1) is 0 Å². The van der Waals surface area contributed by atoms with E-state index in [1.165, 1.54) is 18.2 Å². The average Bonchev–Trinajstić information content (AvgIpc) is 2.18. The van der Waals surface area contributed by atoms with E-state index in [1.54, 1.807) is 6.92 Å². The summed E-state index contributed by atoms with van der Waals surface area (Å²) in [6, 6.07) is 3.91. The first-order chi connectivity index (χ1) is 7.06. The summed E-state index contributed by atoms with van der Waals surface area (Å²) in [7, 11) is 0. The zero-order chi connectivity index (χ0) is 11.4. The molecule has 3 N–H and O–H groups in total. The molecule has 1 aromatic rings. The lowest BCUT2D eigenvalue weighted by atomic mass is 10.1. The fraction of sp³-hybridized carbons (Fsp3) is 0.200. The minimum absolute atomic E-state index is 0.00672. The smallest absolute Gasteiger partial charge is 0.340 e. The van der Waals surface area contributed by atoms with Crippen LogP contribution in [0.5, 0.6) is 0 Å². The number of carbonyl (C=O) groups is 2. The van der Waals surface area contributed by atoms with E-state index < -0.39 is 11.9 Å². The van der Waals surface area contributed by atoms with Crippen LogP contribution in [0.3, 0.4) is 0 Å². The van der Waals surface area contributed by atoms with E-state index in [0.29, 0.717) is 0 Å². The van der Waals surface area contributed by atoms with Crippen molar-refractivity contribution in [3.05, 3.63) is 29.3 Å². The second-order valence-corrected chi connectivity index (χ2v) is 2.83. The van der Waals surface area contributed by atoms with Gasteiger partial charge >= 0.3 is 11.9 Å². The van der Waals surface area contributed by atoms with Crippen molar-refractivity contribution in [3.63, 3.8) is 0 Å². The Morgan fingerprint density at radius 3 is 2.67 bits per heavy atom. The number of rotatable bonds is 3. The molecule has 0 bridgehead atoms. The Bertz CT molecular complexity index is 400. The number of anilines is 1. The molecule has 0 saturated heterocycles. The van der Waals surface area contributed by atoms with Crippen LogP contribution in [0.25, 0.3) is 0 Å². The molecule has 0 unspecified atom stereocenters. The zero-order valence-electron chi connectivity index (χ0n) is 8.19. The van der Waals surface area contributed by atoms with Crippen LogP contribution in [-0.2, 0) is 4.74 Å². The topological polar surface area (TPSA) is 89.6 Å². The number of benzene rings is 1. The van der Waals surface area contributed by atoms with Gasteiger partial charge in [0.05, 0.1) is 17.7 Å². The molecule has 0 heterocycles. The van der Waals surface area contributed by atoms with E-state index in [0.717, 1.165) is 0 Å². The van der Waals surface area contributed by atoms with Gasteiger partial charge in [0.15, 0.2) is 0 Å². The number of ether oxygens (including phenoxy) is 1. The highest BCUT2D eigenvalue weighted by Crippen LogP contribution is 2.15. The summed E-state index contributed by atoms with van der Waals surface area (Å²) in [5.74, 6) is -1.72. The Balaban J connectivity index is 3.10. The minimum Gasteiger partial charge on any atom is -0.478 e. The van der Waals surface area contributed by atoms with E-state index in [4.69, 9.17) is 15.6 Å². The molecule has 1 aromatic carbocycles. The molecule has 5 heteroatoms. The van der Waals surface area contributed by atoms with Gasteiger partial charge in [0.25, 0.3) is 0 Å². The maximum atomic E-state index is 11.3. The predicted octanol–water partition coefficient (Wildman–Crippen LogP) is 1.14. The van der Waals surface area contributed by atoms with Gasteiger partial charge in [0, 0.05) is 5.69 Å². The van der Waals surface area contributed by atoms with Gasteiger partial charge in [0.1, 0.15) is 0 Å². The van der Waals surface area contributed by atoms with Gasteiger partial charge in [-0.2, -0.15) is 0 Å². The second kappa shape index (κ2) is 4.45. The maximum Gasteiger partial charge on any atom is 0.340 e. The van der Waals surface area contributed by atoms with Crippen molar-refractivity contribution in [1.82, 2.24) is 0 Å². The summed E-state index contributed by atoms with van der Waals surface area (Å²) in [6.45, 7) is 1.88. The first-order valence-corrected chi connectivity index (χ1v) is 4.36. The zero-order valence-corrected chi connectivity index (χ0v) is 8.19. The summed E-state index contributed by atoms with van der Waals surface area (Å²) in [4.78, 5) is 22.0. The largest absolute Gasteiger partial charge is 0.478 e. The molecule has 1 rings (SSSR count).